The van der Waals surface area contributed by atoms with Gasteiger partial charge >= 0.3 is 0 Å². The van der Waals surface area contributed by atoms with Crippen molar-refractivity contribution >= 4 is 50.7 Å². The van der Waals surface area contributed by atoms with Crippen LogP contribution in [0.5, 0.6) is 0 Å². The van der Waals surface area contributed by atoms with E-state index in [4.69, 9.17) is 23.2 Å². The number of nitrogens with one attached hydrogen (secondary N) is 1. The van der Waals surface area contributed by atoms with Crippen molar-refractivity contribution in [1.82, 2.24) is 10.2 Å². The lowest BCUT2D eigenvalue weighted by atomic mass is 10.0. The number of sulfonamides is 1. The highest BCUT2D eigenvalue weighted by atomic mass is 35.5. The van der Waals surface area contributed by atoms with E-state index in [0.29, 0.717) is 23.6 Å². The predicted molar refractivity (Wildman–Crippen MR) is 172 cm³/mol. The average molecular weight is 657 g/mol. The normalized spacial score (nSPS) is 11.9. The molecule has 0 aromatic heterocycles. The standard InChI is InChI=1S/C33H32Cl2FN3O4S/c1-2-19-37-33(41)31(20-24-11-5-3-6-12-24)38(22-25-17-18-26(34)21-28(25)35)32(40)23-39(30-16-10-9-15-29(30)36)44(42,43)27-13-7-4-8-14-27/h3-18,21,31H,2,19-20,22-23H2,1H3,(H,37,41). The molecular formula is C33H32Cl2FN3O4S. The van der Waals surface area contributed by atoms with Crippen LogP contribution in [0.3, 0.4) is 0 Å². The zero-order chi connectivity index (χ0) is 31.7. The van der Waals surface area contributed by atoms with E-state index in [9.17, 15) is 18.0 Å². The number of halogens is 3. The second kappa shape index (κ2) is 15.2. The first kappa shape index (κ1) is 33.0. The number of nitrogens with zero attached hydrogens (tertiary/aromatic N) is 2. The Kier molecular flexibility index (Phi) is 11.4. The van der Waals surface area contributed by atoms with E-state index in [2.05, 4.69) is 5.32 Å². The number of anilines is 1. The maximum absolute atomic E-state index is 15.2. The minimum absolute atomic E-state index is 0.120. The summed E-state index contributed by atoms with van der Waals surface area (Å²) in [5, 5.41) is 3.52. The van der Waals surface area contributed by atoms with E-state index in [-0.39, 0.29) is 28.6 Å². The molecule has 0 aliphatic carbocycles. The van der Waals surface area contributed by atoms with Gasteiger partial charge in [-0.1, -0.05) is 96.9 Å². The quantitative estimate of drug-likeness (QED) is 0.178. The Bertz CT molecular complexity index is 1690. The zero-order valence-corrected chi connectivity index (χ0v) is 26.3. The van der Waals surface area contributed by atoms with Crippen molar-refractivity contribution in [3.05, 3.63) is 130 Å². The topological polar surface area (TPSA) is 86.8 Å². The molecule has 1 unspecified atom stereocenters. The van der Waals surface area contributed by atoms with E-state index in [1.165, 1.54) is 53.4 Å². The molecule has 230 valence electrons. The van der Waals surface area contributed by atoms with Crippen molar-refractivity contribution in [2.75, 3.05) is 17.4 Å². The highest BCUT2D eigenvalue weighted by Gasteiger charge is 2.35. The number of amides is 2. The average Bonchev–Trinajstić information content (AvgIpc) is 3.02. The lowest BCUT2D eigenvalue weighted by molar-refractivity contribution is -0.140. The lowest BCUT2D eigenvalue weighted by Crippen LogP contribution is -2.53. The molecular weight excluding hydrogens is 624 g/mol. The Morgan fingerprint density at radius 1 is 0.886 bits per heavy atom. The molecule has 7 nitrogen and oxygen atoms in total. The van der Waals surface area contributed by atoms with Crippen LogP contribution in [0.1, 0.15) is 24.5 Å². The summed E-state index contributed by atoms with van der Waals surface area (Å²) in [5.41, 5.74) is 0.977. The van der Waals surface area contributed by atoms with Crippen LogP contribution in [0, 0.1) is 5.82 Å². The molecule has 1 N–H and O–H groups in total. The van der Waals surface area contributed by atoms with Gasteiger partial charge in [-0.3, -0.25) is 13.9 Å². The van der Waals surface area contributed by atoms with Gasteiger partial charge in [-0.15, -0.1) is 0 Å². The van der Waals surface area contributed by atoms with Gasteiger partial charge in [0.2, 0.25) is 11.8 Å². The molecule has 2 amide bonds. The molecule has 11 heteroatoms. The summed E-state index contributed by atoms with van der Waals surface area (Å²) in [4.78, 5) is 29.2. The highest BCUT2D eigenvalue weighted by molar-refractivity contribution is 7.92. The predicted octanol–water partition coefficient (Wildman–Crippen LogP) is 6.49. The van der Waals surface area contributed by atoms with Crippen molar-refractivity contribution in [2.45, 2.75) is 37.2 Å². The first-order valence-electron chi connectivity index (χ1n) is 14.0. The van der Waals surface area contributed by atoms with Gasteiger partial charge in [0.1, 0.15) is 18.4 Å². The fourth-order valence-electron chi connectivity index (χ4n) is 4.64. The summed E-state index contributed by atoms with van der Waals surface area (Å²) >= 11 is 12.6. The van der Waals surface area contributed by atoms with Gasteiger partial charge in [0.05, 0.1) is 10.6 Å². The van der Waals surface area contributed by atoms with Crippen molar-refractivity contribution in [3.63, 3.8) is 0 Å². The highest BCUT2D eigenvalue weighted by Crippen LogP contribution is 2.28. The van der Waals surface area contributed by atoms with Gasteiger partial charge in [0, 0.05) is 29.6 Å². The molecule has 1 atom stereocenters. The van der Waals surface area contributed by atoms with Gasteiger partial charge in [0.15, 0.2) is 0 Å². The SMILES string of the molecule is CCCNC(=O)C(Cc1ccccc1)N(Cc1ccc(Cl)cc1Cl)C(=O)CN(c1ccccc1F)S(=O)(=O)c1ccccc1. The summed E-state index contributed by atoms with van der Waals surface area (Å²) in [5.74, 6) is -1.97. The number of para-hydroxylation sites is 1. The van der Waals surface area contributed by atoms with Crippen LogP contribution in [0.15, 0.2) is 108 Å². The van der Waals surface area contributed by atoms with E-state index >= 15 is 4.39 Å². The Hall–Kier alpha value is -3.92. The molecule has 4 aromatic rings. The Morgan fingerprint density at radius 3 is 2.16 bits per heavy atom. The van der Waals surface area contributed by atoms with Crippen LogP contribution in [-0.2, 0) is 32.6 Å². The van der Waals surface area contributed by atoms with Crippen LogP contribution in [0.4, 0.5) is 10.1 Å². The fraction of sp³-hybridized carbons (Fsp3) is 0.212. The van der Waals surface area contributed by atoms with Crippen molar-refractivity contribution in [2.24, 2.45) is 0 Å². The second-order valence-corrected chi connectivity index (χ2v) is 12.7. The summed E-state index contributed by atoms with van der Waals surface area (Å²) in [6, 6.07) is 25.7. The van der Waals surface area contributed by atoms with Crippen LogP contribution in [0.25, 0.3) is 0 Å². The van der Waals surface area contributed by atoms with E-state index in [1.54, 1.807) is 18.2 Å². The lowest BCUT2D eigenvalue weighted by Gasteiger charge is -2.34. The van der Waals surface area contributed by atoms with Crippen LogP contribution < -0.4 is 9.62 Å². The Labute approximate surface area is 267 Å². The van der Waals surface area contributed by atoms with E-state index < -0.39 is 40.2 Å². The van der Waals surface area contributed by atoms with Crippen molar-refractivity contribution in [1.29, 1.82) is 0 Å². The molecule has 0 saturated heterocycles. The van der Waals surface area contributed by atoms with Crippen LogP contribution in [-0.4, -0.2) is 44.3 Å². The molecule has 0 spiro atoms. The van der Waals surface area contributed by atoms with Crippen LogP contribution in [0.2, 0.25) is 10.0 Å². The number of benzene rings is 4. The minimum atomic E-state index is -4.41. The first-order valence-corrected chi connectivity index (χ1v) is 16.2. The molecule has 0 bridgehead atoms. The first-order chi connectivity index (χ1) is 21.1. The molecule has 4 aromatic carbocycles. The van der Waals surface area contributed by atoms with Gasteiger partial charge in [-0.05, 0) is 53.9 Å². The van der Waals surface area contributed by atoms with E-state index in [1.807, 2.05) is 37.3 Å². The molecule has 0 aliphatic heterocycles. The number of hydrogen-bond donors (Lipinski definition) is 1. The molecule has 44 heavy (non-hydrogen) atoms. The third-order valence-corrected chi connectivity index (χ3v) is 9.27. The number of carbonyl (C=O) groups excluding carboxylic acids is 2. The van der Waals surface area contributed by atoms with Crippen LogP contribution >= 0.6 is 23.2 Å². The Balaban J connectivity index is 1.82. The van der Waals surface area contributed by atoms with E-state index in [0.717, 1.165) is 15.9 Å². The molecule has 0 aliphatic rings. The minimum Gasteiger partial charge on any atom is -0.354 e. The summed E-state index contributed by atoms with van der Waals surface area (Å²) < 4.78 is 43.7. The van der Waals surface area contributed by atoms with Gasteiger partial charge in [-0.2, -0.15) is 0 Å². The fourth-order valence-corrected chi connectivity index (χ4v) is 6.55. The number of rotatable bonds is 13. The summed E-state index contributed by atoms with van der Waals surface area (Å²) in [6.07, 6.45) is 0.801. The summed E-state index contributed by atoms with van der Waals surface area (Å²) in [7, 11) is -4.41. The number of hydrogen-bond acceptors (Lipinski definition) is 4. The monoisotopic (exact) mass is 655 g/mol. The number of carbonyl (C=O) groups is 2. The molecule has 0 heterocycles. The smallest absolute Gasteiger partial charge is 0.264 e. The van der Waals surface area contributed by atoms with Crippen molar-refractivity contribution < 1.29 is 22.4 Å². The molecule has 0 saturated carbocycles. The maximum Gasteiger partial charge on any atom is 0.264 e. The zero-order valence-electron chi connectivity index (χ0n) is 24.0. The van der Waals surface area contributed by atoms with Gasteiger partial charge in [0.25, 0.3) is 10.0 Å². The molecule has 0 radical (unpaired) electrons. The van der Waals surface area contributed by atoms with Gasteiger partial charge < -0.3 is 10.2 Å². The Morgan fingerprint density at radius 2 is 1.52 bits per heavy atom. The molecule has 4 rings (SSSR count). The second-order valence-electron chi connectivity index (χ2n) is 10.0. The van der Waals surface area contributed by atoms with Gasteiger partial charge in [-0.25, -0.2) is 12.8 Å². The largest absolute Gasteiger partial charge is 0.354 e. The molecule has 0 fully saturated rings. The third kappa shape index (κ3) is 8.16. The maximum atomic E-state index is 15.2. The third-order valence-electron chi connectivity index (χ3n) is 6.91. The van der Waals surface area contributed by atoms with Crippen molar-refractivity contribution in [3.8, 4) is 0 Å². The summed E-state index contributed by atoms with van der Waals surface area (Å²) in [6.45, 7) is 1.36.